The Morgan fingerprint density at radius 3 is 2.62 bits per heavy atom. The van der Waals surface area contributed by atoms with Gasteiger partial charge in [0.05, 0.1) is 0 Å². The molecule has 1 N–H and O–H groups in total. The molecule has 1 fully saturated rings. The van der Waals surface area contributed by atoms with E-state index in [-0.39, 0.29) is 0 Å². The van der Waals surface area contributed by atoms with Crippen LogP contribution in [0.4, 0.5) is 0 Å². The van der Waals surface area contributed by atoms with E-state index in [2.05, 4.69) is 33.2 Å². The second kappa shape index (κ2) is 10.7. The molecule has 2 aromatic rings. The van der Waals surface area contributed by atoms with Crippen molar-refractivity contribution in [1.29, 1.82) is 0 Å². The van der Waals surface area contributed by atoms with Gasteiger partial charge in [-0.2, -0.15) is 0 Å². The lowest BCUT2D eigenvalue weighted by atomic mass is 9.94. The minimum atomic E-state index is -0.503. The van der Waals surface area contributed by atoms with Crippen molar-refractivity contribution in [3.63, 3.8) is 0 Å². The van der Waals surface area contributed by atoms with Gasteiger partial charge in [-0.3, -0.25) is 4.90 Å². The fraction of sp³-hybridized carbons (Fsp3) is 0.636. The van der Waals surface area contributed by atoms with Crippen LogP contribution in [0.2, 0.25) is 0 Å². The number of likely N-dealkylation sites (N-methyl/N-ethyl adjacent to an activating group) is 1. The van der Waals surface area contributed by atoms with Crippen molar-refractivity contribution < 1.29 is 14.5 Å². The van der Waals surface area contributed by atoms with Crippen LogP contribution in [0, 0.1) is 6.92 Å². The molecule has 7 heteroatoms. The molecular weight excluding hydrogens is 368 g/mol. The smallest absolute Gasteiger partial charge is 0.123 e. The summed E-state index contributed by atoms with van der Waals surface area (Å²) in [5.41, 5.74) is 2.73. The molecule has 3 rings (SSSR count). The molecule has 1 atom stereocenters. The van der Waals surface area contributed by atoms with E-state index in [1.54, 1.807) is 0 Å². The Bertz CT molecular complexity index is 745. The second-order valence-corrected chi connectivity index (χ2v) is 8.27. The summed E-state index contributed by atoms with van der Waals surface area (Å²) in [5, 5.41) is 18.3. The van der Waals surface area contributed by atoms with Crippen LogP contribution in [0.1, 0.15) is 49.1 Å². The van der Waals surface area contributed by atoms with Gasteiger partial charge in [-0.15, -0.1) is 0 Å². The van der Waals surface area contributed by atoms with E-state index in [1.165, 1.54) is 32.1 Å². The monoisotopic (exact) mass is 402 g/mol. The third-order valence-electron chi connectivity index (χ3n) is 5.71. The highest BCUT2D eigenvalue weighted by Crippen LogP contribution is 2.23. The average molecular weight is 403 g/mol. The zero-order valence-electron chi connectivity index (χ0n) is 17.9. The molecule has 1 aliphatic carbocycles. The Hall–Kier alpha value is -1.96. The summed E-state index contributed by atoms with van der Waals surface area (Å²) >= 11 is 0. The van der Waals surface area contributed by atoms with E-state index in [0.717, 1.165) is 22.7 Å². The van der Waals surface area contributed by atoms with E-state index >= 15 is 0 Å². The lowest BCUT2D eigenvalue weighted by Gasteiger charge is -2.32. The Kier molecular flexibility index (Phi) is 8.03. The lowest BCUT2D eigenvalue weighted by molar-refractivity contribution is 0.0556. The third kappa shape index (κ3) is 6.52. The van der Waals surface area contributed by atoms with Gasteiger partial charge in [-0.05, 0) is 39.9 Å². The van der Waals surface area contributed by atoms with Crippen LogP contribution in [-0.2, 0) is 13.1 Å². The molecule has 160 valence electrons. The molecule has 0 bridgehead atoms. The van der Waals surface area contributed by atoms with E-state index in [0.29, 0.717) is 32.3 Å². The zero-order chi connectivity index (χ0) is 20.6. The molecule has 0 spiro atoms. The van der Waals surface area contributed by atoms with E-state index < -0.39 is 6.10 Å². The Morgan fingerprint density at radius 2 is 1.90 bits per heavy atom. The highest BCUT2D eigenvalue weighted by atomic mass is 16.6. The number of aryl methyl sites for hydroxylation is 1. The molecule has 1 aromatic heterocycles. The summed E-state index contributed by atoms with van der Waals surface area (Å²) in [6, 6.07) is 8.58. The van der Waals surface area contributed by atoms with Crippen LogP contribution in [0.25, 0.3) is 0 Å². The number of aliphatic hydroxyl groups excluding tert-OH is 1. The maximum Gasteiger partial charge on any atom is 0.123 e. The van der Waals surface area contributed by atoms with Crippen LogP contribution in [0.5, 0.6) is 5.75 Å². The van der Waals surface area contributed by atoms with Crippen molar-refractivity contribution in [1.82, 2.24) is 20.1 Å². The van der Waals surface area contributed by atoms with Gasteiger partial charge in [-0.1, -0.05) is 47.8 Å². The van der Waals surface area contributed by atoms with Crippen molar-refractivity contribution in [3.8, 4) is 5.75 Å². The van der Waals surface area contributed by atoms with Gasteiger partial charge < -0.3 is 14.7 Å². The highest BCUT2D eigenvalue weighted by Gasteiger charge is 2.20. The fourth-order valence-corrected chi connectivity index (χ4v) is 4.01. The van der Waals surface area contributed by atoms with Crippen molar-refractivity contribution in [2.45, 2.75) is 64.3 Å². The Morgan fingerprint density at radius 1 is 1.14 bits per heavy atom. The van der Waals surface area contributed by atoms with Gasteiger partial charge in [0.2, 0.25) is 0 Å². The first kappa shape index (κ1) is 21.7. The predicted molar refractivity (Wildman–Crippen MR) is 112 cm³/mol. The Balaban J connectivity index is 1.50. The summed E-state index contributed by atoms with van der Waals surface area (Å²) in [6.07, 6.45) is 5.91. The van der Waals surface area contributed by atoms with E-state index in [4.69, 9.17) is 9.37 Å². The molecule has 1 aromatic carbocycles. The predicted octanol–water partition coefficient (Wildman–Crippen LogP) is 3.01. The molecule has 0 saturated heterocycles. The number of benzene rings is 1. The summed E-state index contributed by atoms with van der Waals surface area (Å²) in [7, 11) is 4.14. The molecule has 1 aliphatic rings. The van der Waals surface area contributed by atoms with Crippen LogP contribution < -0.4 is 4.74 Å². The molecule has 7 nitrogen and oxygen atoms in total. The first-order valence-corrected chi connectivity index (χ1v) is 10.6. The van der Waals surface area contributed by atoms with Crippen molar-refractivity contribution >= 4 is 0 Å². The largest absolute Gasteiger partial charge is 0.491 e. The SMILES string of the molecule is Cc1nonc1CN(C)Cc1ccccc1OC[C@H](O)CN(C)C1CCCCC1. The zero-order valence-corrected chi connectivity index (χ0v) is 17.9. The first-order valence-electron chi connectivity index (χ1n) is 10.6. The molecular formula is C22H34N4O3. The molecule has 29 heavy (non-hydrogen) atoms. The number of para-hydroxylation sites is 1. The standard InChI is InChI=1S/C22H34N4O3/c1-17-21(24-29-23-17)15-25(2)13-18-9-7-8-12-22(18)28-16-20(27)14-26(3)19-10-5-4-6-11-19/h7-9,12,19-20,27H,4-6,10-11,13-16H2,1-3H3/t20-/m1/s1. The summed E-state index contributed by atoms with van der Waals surface area (Å²) in [6.45, 7) is 4.19. The number of aliphatic hydroxyl groups is 1. The Labute approximate surface area is 173 Å². The minimum absolute atomic E-state index is 0.296. The first-order chi connectivity index (χ1) is 14.0. The van der Waals surface area contributed by atoms with Gasteiger partial charge >= 0.3 is 0 Å². The minimum Gasteiger partial charge on any atom is -0.491 e. The van der Waals surface area contributed by atoms with Gasteiger partial charge in [0, 0.05) is 31.2 Å². The number of hydrogen-bond acceptors (Lipinski definition) is 7. The highest BCUT2D eigenvalue weighted by molar-refractivity contribution is 5.33. The molecule has 0 amide bonds. The maximum atomic E-state index is 10.5. The van der Waals surface area contributed by atoms with Gasteiger partial charge in [0.1, 0.15) is 29.8 Å². The molecule has 0 unspecified atom stereocenters. The summed E-state index contributed by atoms with van der Waals surface area (Å²) in [5.74, 6) is 0.814. The average Bonchev–Trinajstić information content (AvgIpc) is 3.12. The van der Waals surface area contributed by atoms with Crippen LogP contribution in [0.3, 0.4) is 0 Å². The van der Waals surface area contributed by atoms with Crippen molar-refractivity contribution in [2.75, 3.05) is 27.2 Å². The molecule has 0 radical (unpaired) electrons. The molecule has 0 aliphatic heterocycles. The lowest BCUT2D eigenvalue weighted by Crippen LogP contribution is -2.40. The van der Waals surface area contributed by atoms with Crippen LogP contribution >= 0.6 is 0 Å². The topological polar surface area (TPSA) is 74.9 Å². The summed E-state index contributed by atoms with van der Waals surface area (Å²) < 4.78 is 10.8. The normalized spacial score (nSPS) is 16.5. The van der Waals surface area contributed by atoms with Gasteiger partial charge in [0.25, 0.3) is 0 Å². The number of ether oxygens (including phenoxy) is 1. The maximum absolute atomic E-state index is 10.5. The van der Waals surface area contributed by atoms with Gasteiger partial charge in [-0.25, -0.2) is 4.63 Å². The van der Waals surface area contributed by atoms with E-state index in [9.17, 15) is 5.11 Å². The fourth-order valence-electron chi connectivity index (χ4n) is 4.01. The summed E-state index contributed by atoms with van der Waals surface area (Å²) in [4.78, 5) is 4.43. The number of aromatic nitrogens is 2. The molecule has 1 heterocycles. The number of rotatable bonds is 10. The third-order valence-corrected chi connectivity index (χ3v) is 5.71. The van der Waals surface area contributed by atoms with E-state index in [1.807, 2.05) is 32.2 Å². The second-order valence-electron chi connectivity index (χ2n) is 8.27. The van der Waals surface area contributed by atoms with Gasteiger partial charge in [0.15, 0.2) is 0 Å². The molecule has 1 saturated carbocycles. The van der Waals surface area contributed by atoms with Crippen LogP contribution in [-0.4, -0.2) is 64.6 Å². The number of nitrogens with zero attached hydrogens (tertiary/aromatic N) is 4. The van der Waals surface area contributed by atoms with Crippen LogP contribution in [0.15, 0.2) is 28.9 Å². The van der Waals surface area contributed by atoms with Crippen molar-refractivity contribution in [3.05, 3.63) is 41.2 Å². The van der Waals surface area contributed by atoms with Crippen molar-refractivity contribution in [2.24, 2.45) is 0 Å². The number of hydrogen-bond donors (Lipinski definition) is 1. The quantitative estimate of drug-likeness (QED) is 0.655.